The van der Waals surface area contributed by atoms with Gasteiger partial charge in [0.05, 0.1) is 12.6 Å². The molecule has 0 spiro atoms. The lowest BCUT2D eigenvalue weighted by Crippen LogP contribution is -2.33. The van der Waals surface area contributed by atoms with Crippen LogP contribution in [0.15, 0.2) is 48.5 Å². The molecule has 1 amide bonds. The molecule has 0 aromatic heterocycles. The van der Waals surface area contributed by atoms with Gasteiger partial charge < -0.3 is 24.2 Å². The standard InChI is InChI=1S/C25H29NO5.CH2O2/c1-25(2,3)31-23(27)16-29-17-12-13-26(14-17)24(28)30-15-22-20-10-6-4-8-18(20)19-9-5-7-11-21(19)22;2-1-3/h4-11,17,22H,12-16H2,1-3H3;1H,(H,2,3). The first-order valence-electron chi connectivity index (χ1n) is 11.2. The van der Waals surface area contributed by atoms with Crippen molar-refractivity contribution in [2.45, 2.75) is 44.8 Å². The molecule has 8 nitrogen and oxygen atoms in total. The van der Waals surface area contributed by atoms with Crippen molar-refractivity contribution in [3.8, 4) is 11.1 Å². The average Bonchev–Trinajstić information content (AvgIpc) is 3.39. The van der Waals surface area contributed by atoms with E-state index in [-0.39, 0.29) is 31.2 Å². The predicted octanol–water partition coefficient (Wildman–Crippen LogP) is 4.07. The summed E-state index contributed by atoms with van der Waals surface area (Å²) >= 11 is 0. The number of ether oxygens (including phenoxy) is 3. The van der Waals surface area contributed by atoms with Gasteiger partial charge in [-0.25, -0.2) is 9.59 Å². The van der Waals surface area contributed by atoms with Crippen LogP contribution in [0.25, 0.3) is 11.1 Å². The Bertz CT molecular complexity index is 969. The highest BCUT2D eigenvalue weighted by Crippen LogP contribution is 2.44. The molecule has 8 heteroatoms. The van der Waals surface area contributed by atoms with E-state index in [2.05, 4.69) is 24.3 Å². The molecule has 34 heavy (non-hydrogen) atoms. The number of amides is 1. The van der Waals surface area contributed by atoms with Gasteiger partial charge >= 0.3 is 12.1 Å². The van der Waals surface area contributed by atoms with Gasteiger partial charge in [-0.1, -0.05) is 48.5 Å². The first-order chi connectivity index (χ1) is 16.2. The third-order valence-corrected chi connectivity index (χ3v) is 5.60. The van der Waals surface area contributed by atoms with Crippen LogP contribution in [0.5, 0.6) is 0 Å². The van der Waals surface area contributed by atoms with Gasteiger partial charge in [0.1, 0.15) is 18.8 Å². The number of esters is 1. The fourth-order valence-electron chi connectivity index (χ4n) is 4.27. The van der Waals surface area contributed by atoms with E-state index in [1.165, 1.54) is 22.3 Å². The van der Waals surface area contributed by atoms with E-state index >= 15 is 0 Å². The molecular formula is C26H31NO7. The van der Waals surface area contributed by atoms with Crippen LogP contribution < -0.4 is 0 Å². The van der Waals surface area contributed by atoms with Crippen molar-refractivity contribution in [2.75, 3.05) is 26.3 Å². The lowest BCUT2D eigenvalue weighted by atomic mass is 9.98. The molecule has 2 aliphatic rings. The average molecular weight is 470 g/mol. The van der Waals surface area contributed by atoms with Crippen LogP contribution in [0.1, 0.15) is 44.2 Å². The Labute approximate surface area is 199 Å². The van der Waals surface area contributed by atoms with Crippen molar-refractivity contribution in [1.82, 2.24) is 4.90 Å². The monoisotopic (exact) mass is 469 g/mol. The number of hydrogen-bond donors (Lipinski definition) is 1. The number of carbonyl (C=O) groups is 3. The van der Waals surface area contributed by atoms with Crippen molar-refractivity contribution >= 4 is 18.5 Å². The molecular weight excluding hydrogens is 438 g/mol. The number of likely N-dealkylation sites (tertiary alicyclic amines) is 1. The maximum atomic E-state index is 12.7. The van der Waals surface area contributed by atoms with Gasteiger partial charge in [0, 0.05) is 12.5 Å². The maximum Gasteiger partial charge on any atom is 0.409 e. The largest absolute Gasteiger partial charge is 0.483 e. The van der Waals surface area contributed by atoms with Crippen molar-refractivity contribution in [3.05, 3.63) is 59.7 Å². The van der Waals surface area contributed by atoms with E-state index in [9.17, 15) is 9.59 Å². The van der Waals surface area contributed by atoms with E-state index in [1.54, 1.807) is 4.90 Å². The lowest BCUT2D eigenvalue weighted by Gasteiger charge is -2.21. The van der Waals surface area contributed by atoms with Crippen molar-refractivity contribution in [2.24, 2.45) is 0 Å². The van der Waals surface area contributed by atoms with Crippen LogP contribution in [0.3, 0.4) is 0 Å². The molecule has 182 valence electrons. The van der Waals surface area contributed by atoms with E-state index in [0.717, 1.165) is 0 Å². The Balaban J connectivity index is 0.00000103. The number of carbonyl (C=O) groups excluding carboxylic acids is 2. The Morgan fingerprint density at radius 1 is 1.06 bits per heavy atom. The van der Waals surface area contributed by atoms with Crippen molar-refractivity contribution in [3.63, 3.8) is 0 Å². The van der Waals surface area contributed by atoms with E-state index in [0.29, 0.717) is 26.1 Å². The Morgan fingerprint density at radius 2 is 1.62 bits per heavy atom. The Kier molecular flexibility index (Phi) is 8.28. The van der Waals surface area contributed by atoms with E-state index in [4.69, 9.17) is 24.1 Å². The quantitative estimate of drug-likeness (QED) is 0.520. The highest BCUT2D eigenvalue weighted by molar-refractivity contribution is 5.79. The molecule has 1 heterocycles. The molecule has 0 radical (unpaired) electrons. The molecule has 1 N–H and O–H groups in total. The topological polar surface area (TPSA) is 102 Å². The van der Waals surface area contributed by atoms with Crippen LogP contribution in [0.4, 0.5) is 4.79 Å². The fourth-order valence-corrected chi connectivity index (χ4v) is 4.27. The fraction of sp³-hybridized carbons (Fsp3) is 0.423. The number of fused-ring (bicyclic) bond motifs is 3. The summed E-state index contributed by atoms with van der Waals surface area (Å²) in [4.78, 5) is 34.5. The minimum absolute atomic E-state index is 0.0400. The number of carboxylic acid groups (broad SMARTS) is 1. The molecule has 2 aromatic rings. The van der Waals surface area contributed by atoms with Gasteiger partial charge in [-0.2, -0.15) is 0 Å². The second-order valence-electron chi connectivity index (χ2n) is 9.16. The van der Waals surface area contributed by atoms with Crippen LogP contribution in [-0.2, 0) is 23.8 Å². The first kappa shape index (κ1) is 25.2. The molecule has 2 aromatic carbocycles. The summed E-state index contributed by atoms with van der Waals surface area (Å²) in [6.07, 6.45) is 0.144. The van der Waals surface area contributed by atoms with Crippen LogP contribution in [-0.4, -0.2) is 66.5 Å². The predicted molar refractivity (Wildman–Crippen MR) is 126 cm³/mol. The van der Waals surface area contributed by atoms with Gasteiger partial charge in [-0.15, -0.1) is 0 Å². The number of hydrogen-bond acceptors (Lipinski definition) is 6. The smallest absolute Gasteiger partial charge is 0.409 e. The molecule has 4 rings (SSSR count). The number of rotatable bonds is 5. The van der Waals surface area contributed by atoms with Crippen LogP contribution in [0, 0.1) is 0 Å². The second kappa shape index (κ2) is 11.2. The zero-order chi connectivity index (χ0) is 24.7. The molecule has 1 unspecified atom stereocenters. The number of nitrogens with zero attached hydrogens (tertiary/aromatic N) is 1. The highest BCUT2D eigenvalue weighted by Gasteiger charge is 2.32. The third kappa shape index (κ3) is 6.35. The van der Waals surface area contributed by atoms with Crippen molar-refractivity contribution < 1.29 is 33.7 Å². The second-order valence-corrected chi connectivity index (χ2v) is 9.16. The zero-order valence-corrected chi connectivity index (χ0v) is 19.7. The van der Waals surface area contributed by atoms with Gasteiger partial charge in [0.25, 0.3) is 6.47 Å². The summed E-state index contributed by atoms with van der Waals surface area (Å²) in [5, 5.41) is 6.89. The summed E-state index contributed by atoms with van der Waals surface area (Å²) in [5.74, 6) is -0.356. The third-order valence-electron chi connectivity index (χ3n) is 5.60. The maximum absolute atomic E-state index is 12.7. The van der Waals surface area contributed by atoms with Gasteiger partial charge in [0.15, 0.2) is 0 Å². The summed E-state index contributed by atoms with van der Waals surface area (Å²) in [7, 11) is 0. The summed E-state index contributed by atoms with van der Waals surface area (Å²) in [6, 6.07) is 16.5. The summed E-state index contributed by atoms with van der Waals surface area (Å²) in [6.45, 7) is 6.36. The van der Waals surface area contributed by atoms with Gasteiger partial charge in [-0.05, 0) is 49.4 Å². The minimum atomic E-state index is -0.538. The minimum Gasteiger partial charge on any atom is -0.483 e. The van der Waals surface area contributed by atoms with E-state index in [1.807, 2.05) is 45.0 Å². The molecule has 1 aliphatic carbocycles. The van der Waals surface area contributed by atoms with Gasteiger partial charge in [0.2, 0.25) is 0 Å². The molecule has 1 aliphatic heterocycles. The lowest BCUT2D eigenvalue weighted by molar-refractivity contribution is -0.162. The highest BCUT2D eigenvalue weighted by atomic mass is 16.6. The Hall–Kier alpha value is -3.39. The molecule has 1 atom stereocenters. The van der Waals surface area contributed by atoms with Gasteiger partial charge in [-0.3, -0.25) is 4.79 Å². The molecule has 0 saturated carbocycles. The molecule has 0 bridgehead atoms. The molecule has 1 saturated heterocycles. The number of benzene rings is 2. The van der Waals surface area contributed by atoms with Crippen LogP contribution >= 0.6 is 0 Å². The zero-order valence-electron chi connectivity index (χ0n) is 19.7. The SMILES string of the molecule is CC(C)(C)OC(=O)COC1CCN(C(=O)OCC2c3ccccc3-c3ccccc32)C1.O=CO. The first-order valence-corrected chi connectivity index (χ1v) is 11.2. The van der Waals surface area contributed by atoms with Crippen molar-refractivity contribution in [1.29, 1.82) is 0 Å². The van der Waals surface area contributed by atoms with E-state index < -0.39 is 11.6 Å². The summed E-state index contributed by atoms with van der Waals surface area (Å²) in [5.41, 5.74) is 4.25. The summed E-state index contributed by atoms with van der Waals surface area (Å²) < 4.78 is 16.6. The normalized spacial score (nSPS) is 16.7. The van der Waals surface area contributed by atoms with Crippen LogP contribution in [0.2, 0.25) is 0 Å². The Morgan fingerprint density at radius 3 is 2.18 bits per heavy atom. The molecule has 1 fully saturated rings.